The number of nitrogens with zero attached hydrogens (tertiary/aromatic N) is 1. The monoisotopic (exact) mass is 465 g/mol. The largest absolute Gasteiger partial charge is 0.435 e. The van der Waals surface area contributed by atoms with Gasteiger partial charge in [-0.05, 0) is 43.4 Å². The molecule has 0 fully saturated rings. The summed E-state index contributed by atoms with van der Waals surface area (Å²) in [5, 5.41) is 3.41. The molecular formula is C21H21F2N3O3S2. The highest BCUT2D eigenvalue weighted by atomic mass is 32.2. The highest BCUT2D eigenvalue weighted by molar-refractivity contribution is 7.98. The number of aromatic amines is 1. The molecule has 2 aromatic heterocycles. The highest BCUT2D eigenvalue weighted by Gasteiger charge is 2.19. The summed E-state index contributed by atoms with van der Waals surface area (Å²) in [6.45, 7) is -2.92. The first kappa shape index (κ1) is 21.8. The number of H-pyrrole nitrogens is 1. The number of benzene rings is 1. The number of thiophene rings is 1. The summed E-state index contributed by atoms with van der Waals surface area (Å²) in [5.74, 6) is 1.39. The predicted molar refractivity (Wildman–Crippen MR) is 119 cm³/mol. The number of hydrogen-bond acceptors (Lipinski definition) is 6. The fourth-order valence-electron chi connectivity index (χ4n) is 3.58. The molecule has 2 N–H and O–H groups in total. The number of aryl methyl sites for hydroxylation is 2. The van der Waals surface area contributed by atoms with Gasteiger partial charge in [0.15, 0.2) is 0 Å². The molecule has 0 aliphatic heterocycles. The summed E-state index contributed by atoms with van der Waals surface area (Å²) < 4.78 is 28.9. The van der Waals surface area contributed by atoms with Crippen molar-refractivity contribution in [2.75, 3.05) is 11.1 Å². The van der Waals surface area contributed by atoms with E-state index in [4.69, 9.17) is 0 Å². The summed E-state index contributed by atoms with van der Waals surface area (Å²) in [6, 6.07) is 5.88. The number of ether oxygens (including phenoxy) is 1. The van der Waals surface area contributed by atoms with Crippen molar-refractivity contribution in [3.63, 3.8) is 0 Å². The average molecular weight is 466 g/mol. The quantitative estimate of drug-likeness (QED) is 0.470. The number of amides is 1. The maximum absolute atomic E-state index is 12.6. The van der Waals surface area contributed by atoms with Crippen LogP contribution in [-0.4, -0.2) is 28.2 Å². The standard InChI is InChI=1S/C21H21F2N3O3S2/c22-21(23)29-13-5-3-4-12(10-13)24-17(27)8-9-30-11-16-25-19(28)18-14-6-1-2-7-15(14)31-20(18)26-16/h3-5,10,21H,1-2,6-9,11H2,(H,24,27)(H,25,26,28). The highest BCUT2D eigenvalue weighted by Crippen LogP contribution is 2.33. The smallest absolute Gasteiger partial charge is 0.387 e. The Morgan fingerprint density at radius 1 is 1.32 bits per heavy atom. The molecular weight excluding hydrogens is 444 g/mol. The van der Waals surface area contributed by atoms with Gasteiger partial charge in [0.2, 0.25) is 5.91 Å². The Labute approximate surface area is 185 Å². The van der Waals surface area contributed by atoms with E-state index in [1.54, 1.807) is 17.4 Å². The van der Waals surface area contributed by atoms with Crippen molar-refractivity contribution >= 4 is 44.9 Å². The van der Waals surface area contributed by atoms with E-state index in [0.717, 1.165) is 35.9 Å². The third-order valence-electron chi connectivity index (χ3n) is 4.93. The van der Waals surface area contributed by atoms with Crippen LogP contribution >= 0.6 is 23.1 Å². The average Bonchev–Trinajstić information content (AvgIpc) is 3.10. The summed E-state index contributed by atoms with van der Waals surface area (Å²) in [7, 11) is 0. The van der Waals surface area contributed by atoms with Crippen LogP contribution in [0.2, 0.25) is 0 Å². The summed E-state index contributed by atoms with van der Waals surface area (Å²) >= 11 is 3.11. The summed E-state index contributed by atoms with van der Waals surface area (Å²) in [4.78, 5) is 34.3. The fraction of sp³-hybridized carbons (Fsp3) is 0.381. The van der Waals surface area contributed by atoms with E-state index < -0.39 is 6.61 Å². The molecule has 0 radical (unpaired) electrons. The number of fused-ring (bicyclic) bond motifs is 3. The zero-order valence-corrected chi connectivity index (χ0v) is 18.2. The first-order valence-electron chi connectivity index (χ1n) is 9.95. The molecule has 0 spiro atoms. The van der Waals surface area contributed by atoms with Crippen molar-refractivity contribution in [2.45, 2.75) is 44.5 Å². The number of carbonyl (C=O) groups excluding carboxylic acids is 1. The van der Waals surface area contributed by atoms with Crippen LogP contribution in [0.3, 0.4) is 0 Å². The van der Waals surface area contributed by atoms with Gasteiger partial charge in [0, 0.05) is 28.8 Å². The Balaban J connectivity index is 1.29. The van der Waals surface area contributed by atoms with E-state index >= 15 is 0 Å². The maximum Gasteiger partial charge on any atom is 0.387 e. The second-order valence-corrected chi connectivity index (χ2v) is 9.35. The Kier molecular flexibility index (Phi) is 6.86. The minimum atomic E-state index is -2.92. The molecule has 0 bridgehead atoms. The second-order valence-electron chi connectivity index (χ2n) is 7.16. The number of nitrogens with one attached hydrogen (secondary N) is 2. The third kappa shape index (κ3) is 5.43. The van der Waals surface area contributed by atoms with Crippen molar-refractivity contribution in [2.24, 2.45) is 0 Å². The second kappa shape index (κ2) is 9.78. The predicted octanol–water partition coefficient (Wildman–Crippen LogP) is 4.73. The lowest BCUT2D eigenvalue weighted by molar-refractivity contribution is -0.115. The number of hydrogen-bond donors (Lipinski definition) is 2. The van der Waals surface area contributed by atoms with Gasteiger partial charge in [-0.3, -0.25) is 9.59 Å². The minimum Gasteiger partial charge on any atom is -0.435 e. The zero-order chi connectivity index (χ0) is 21.8. The van der Waals surface area contributed by atoms with Crippen LogP contribution in [0.15, 0.2) is 29.1 Å². The van der Waals surface area contributed by atoms with Crippen LogP contribution in [0.25, 0.3) is 10.2 Å². The zero-order valence-electron chi connectivity index (χ0n) is 16.6. The van der Waals surface area contributed by atoms with Crippen molar-refractivity contribution in [3.8, 4) is 5.75 Å². The molecule has 0 unspecified atom stereocenters. The van der Waals surface area contributed by atoms with E-state index in [2.05, 4.69) is 20.0 Å². The Morgan fingerprint density at radius 3 is 3.00 bits per heavy atom. The van der Waals surface area contributed by atoms with Gasteiger partial charge < -0.3 is 15.0 Å². The minimum absolute atomic E-state index is 0.0112. The van der Waals surface area contributed by atoms with Gasteiger partial charge in [-0.25, -0.2) is 4.98 Å². The van der Waals surface area contributed by atoms with Gasteiger partial charge >= 0.3 is 6.61 Å². The molecule has 4 rings (SSSR count). The molecule has 0 saturated carbocycles. The SMILES string of the molecule is O=C(CCSCc1nc2sc3c(c2c(=O)[nH]1)CCCC3)Nc1cccc(OC(F)F)c1. The van der Waals surface area contributed by atoms with Crippen LogP contribution in [0.4, 0.5) is 14.5 Å². The van der Waals surface area contributed by atoms with Gasteiger partial charge in [0.1, 0.15) is 16.4 Å². The molecule has 164 valence electrons. The normalized spacial score (nSPS) is 13.4. The molecule has 2 heterocycles. The van der Waals surface area contributed by atoms with Gasteiger partial charge in [-0.1, -0.05) is 6.07 Å². The van der Waals surface area contributed by atoms with Gasteiger partial charge in [-0.2, -0.15) is 20.5 Å². The third-order valence-corrected chi connectivity index (χ3v) is 7.09. The molecule has 0 atom stereocenters. The first-order chi connectivity index (χ1) is 15.0. The molecule has 0 saturated heterocycles. The van der Waals surface area contributed by atoms with Crippen LogP contribution in [-0.2, 0) is 23.4 Å². The Bertz CT molecular complexity index is 1150. The lowest BCUT2D eigenvalue weighted by atomic mass is 9.97. The van der Waals surface area contributed by atoms with E-state index in [9.17, 15) is 18.4 Å². The lowest BCUT2D eigenvalue weighted by Crippen LogP contribution is -2.14. The number of carbonyl (C=O) groups is 1. The Hall–Kier alpha value is -2.46. The number of alkyl halides is 2. The summed E-state index contributed by atoms with van der Waals surface area (Å²) in [5.41, 5.74) is 1.48. The maximum atomic E-state index is 12.6. The van der Waals surface area contributed by atoms with Crippen molar-refractivity contribution < 1.29 is 18.3 Å². The number of anilines is 1. The fourth-order valence-corrected chi connectivity index (χ4v) is 5.67. The van der Waals surface area contributed by atoms with Crippen LogP contribution < -0.4 is 15.6 Å². The molecule has 1 aromatic carbocycles. The van der Waals surface area contributed by atoms with Crippen molar-refractivity contribution in [1.82, 2.24) is 9.97 Å². The topological polar surface area (TPSA) is 84.1 Å². The molecule has 1 aliphatic carbocycles. The number of halogens is 2. The van der Waals surface area contributed by atoms with Gasteiger partial charge in [-0.15, -0.1) is 11.3 Å². The molecule has 3 aromatic rings. The van der Waals surface area contributed by atoms with Crippen LogP contribution in [0.5, 0.6) is 5.75 Å². The van der Waals surface area contributed by atoms with Crippen molar-refractivity contribution in [3.05, 3.63) is 50.9 Å². The Morgan fingerprint density at radius 2 is 2.16 bits per heavy atom. The molecule has 31 heavy (non-hydrogen) atoms. The van der Waals surface area contributed by atoms with E-state index in [0.29, 0.717) is 23.0 Å². The first-order valence-corrected chi connectivity index (χ1v) is 11.9. The lowest BCUT2D eigenvalue weighted by Gasteiger charge is -2.09. The number of rotatable bonds is 8. The summed E-state index contributed by atoms with van der Waals surface area (Å²) in [6.07, 6.45) is 4.48. The van der Waals surface area contributed by atoms with Gasteiger partial charge in [0.25, 0.3) is 5.56 Å². The molecule has 6 nitrogen and oxygen atoms in total. The van der Waals surface area contributed by atoms with E-state index in [-0.39, 0.29) is 23.6 Å². The van der Waals surface area contributed by atoms with E-state index in [1.165, 1.54) is 40.4 Å². The number of aromatic nitrogens is 2. The van der Waals surface area contributed by atoms with Crippen LogP contribution in [0.1, 0.15) is 35.5 Å². The van der Waals surface area contributed by atoms with Crippen LogP contribution in [0, 0.1) is 0 Å². The van der Waals surface area contributed by atoms with Crippen molar-refractivity contribution in [1.29, 1.82) is 0 Å². The molecule has 1 amide bonds. The molecule has 1 aliphatic rings. The van der Waals surface area contributed by atoms with E-state index in [1.807, 2.05) is 0 Å². The number of thioether (sulfide) groups is 1. The molecule has 10 heteroatoms. The van der Waals surface area contributed by atoms with Gasteiger partial charge in [0.05, 0.1) is 11.1 Å².